The summed E-state index contributed by atoms with van der Waals surface area (Å²) in [7, 11) is 0. The number of carboxylic acids is 1. The van der Waals surface area contributed by atoms with E-state index in [0.717, 1.165) is 5.57 Å². The van der Waals surface area contributed by atoms with Gasteiger partial charge in [0.2, 0.25) is 0 Å². The molecule has 4 saturated carbocycles. The molecule has 18 nitrogen and oxygen atoms in total. The van der Waals surface area contributed by atoms with E-state index in [-0.39, 0.29) is 17.4 Å². The molecule has 0 spiro atoms. The second-order valence-corrected chi connectivity index (χ2v) is 23.2. The highest BCUT2D eigenvalue weighted by atomic mass is 16.7. The van der Waals surface area contributed by atoms with Crippen LogP contribution in [0.25, 0.3) is 0 Å². The smallest absolute Gasteiger partial charge is 0.335 e. The number of ether oxygens (including phenoxy) is 6. The average molecular weight is 979 g/mol. The zero-order chi connectivity index (χ0) is 51.3. The number of carbonyl (C=O) groups excluding carboxylic acids is 2. The van der Waals surface area contributed by atoms with Gasteiger partial charge in [0.1, 0.15) is 42.7 Å². The Labute approximate surface area is 404 Å². The van der Waals surface area contributed by atoms with E-state index in [1.807, 2.05) is 20.8 Å². The van der Waals surface area contributed by atoms with Gasteiger partial charge in [-0.2, -0.15) is 0 Å². The van der Waals surface area contributed by atoms with E-state index >= 15 is 0 Å². The van der Waals surface area contributed by atoms with Gasteiger partial charge in [0.05, 0.1) is 36.9 Å². The number of carbonyl (C=O) groups is 3. The normalized spacial score (nSPS) is 48.2. The molecule has 0 amide bonds. The topological polar surface area (TPSA) is 289 Å². The van der Waals surface area contributed by atoms with Gasteiger partial charge in [-0.3, -0.25) is 0 Å². The number of esters is 2. The fourth-order valence-electron chi connectivity index (χ4n) is 14.8. The van der Waals surface area contributed by atoms with E-state index in [0.29, 0.717) is 44.1 Å². The molecule has 21 atom stereocenters. The van der Waals surface area contributed by atoms with Crippen LogP contribution in [-0.4, -0.2) is 163 Å². The number of hydrogen-bond donors (Lipinski definition) is 9. The quantitative estimate of drug-likeness (QED) is 0.0622. The number of carboxylic acid groups (broad SMARTS) is 1. The van der Waals surface area contributed by atoms with Gasteiger partial charge in [-0.05, 0) is 100 Å². The summed E-state index contributed by atoms with van der Waals surface area (Å²) in [5.41, 5.74) is -3.75. The van der Waals surface area contributed by atoms with Crippen LogP contribution < -0.4 is 0 Å². The molecule has 0 aromatic heterocycles. The van der Waals surface area contributed by atoms with E-state index in [9.17, 15) is 60.3 Å². The SMILES string of the molecule is C/C=C(/C)C(=O)O[C@H]1[C@H](OC(=O)/C(C)=C\C)[C@@]2(CO)C(CC1(C)C)C1=CCC3[C@@]4(C)CC[C@H](O[C@@H]5OC(C(=O)O)[C@H](O)[C@H](O[C@@H]6O[C@H](CO)[C@H](O)C6O)C5O)C(C)(C)C4CC[C@@]3(C)[C@]1(C)[C@@H](O)[C@H]2O. The van der Waals surface area contributed by atoms with Crippen molar-refractivity contribution in [3.05, 3.63) is 34.9 Å². The first kappa shape index (κ1) is 53.9. The Morgan fingerprint density at radius 2 is 1.33 bits per heavy atom. The summed E-state index contributed by atoms with van der Waals surface area (Å²) in [6, 6.07) is 0. The van der Waals surface area contributed by atoms with Crippen LogP contribution in [0.1, 0.15) is 115 Å². The van der Waals surface area contributed by atoms with Crippen molar-refractivity contribution < 1.29 is 88.8 Å². The molecule has 7 rings (SSSR count). The van der Waals surface area contributed by atoms with Gasteiger partial charge in [-0.1, -0.05) is 72.3 Å². The van der Waals surface area contributed by atoms with Crippen molar-refractivity contribution in [2.24, 2.45) is 50.2 Å². The van der Waals surface area contributed by atoms with Crippen LogP contribution in [0.4, 0.5) is 0 Å². The van der Waals surface area contributed by atoms with E-state index < -0.39 is 155 Å². The summed E-state index contributed by atoms with van der Waals surface area (Å²) in [5.74, 6) is -3.57. The van der Waals surface area contributed by atoms with Crippen LogP contribution in [0.2, 0.25) is 0 Å². The average Bonchev–Trinajstić information content (AvgIpc) is 3.57. The summed E-state index contributed by atoms with van der Waals surface area (Å²) >= 11 is 0. The van der Waals surface area contributed by atoms with Crippen molar-refractivity contribution in [1.82, 2.24) is 0 Å². The zero-order valence-corrected chi connectivity index (χ0v) is 41.9. The largest absolute Gasteiger partial charge is 0.479 e. The molecule has 0 bridgehead atoms. The molecule has 2 heterocycles. The lowest BCUT2D eigenvalue weighted by atomic mass is 9.32. The molecule has 0 radical (unpaired) electrons. The second-order valence-electron chi connectivity index (χ2n) is 23.2. The lowest BCUT2D eigenvalue weighted by Gasteiger charge is -2.73. The first-order valence-corrected chi connectivity index (χ1v) is 24.6. The summed E-state index contributed by atoms with van der Waals surface area (Å²) in [6.45, 7) is 19.7. The van der Waals surface area contributed by atoms with Crippen molar-refractivity contribution in [2.75, 3.05) is 13.2 Å². The Morgan fingerprint density at radius 3 is 1.88 bits per heavy atom. The van der Waals surface area contributed by atoms with Crippen LogP contribution in [0.5, 0.6) is 0 Å². The van der Waals surface area contributed by atoms with Crippen molar-refractivity contribution in [1.29, 1.82) is 0 Å². The van der Waals surface area contributed by atoms with Crippen molar-refractivity contribution in [3.8, 4) is 0 Å². The Hall–Kier alpha value is -2.85. The molecule has 0 aromatic carbocycles. The number of hydrogen-bond acceptors (Lipinski definition) is 17. The van der Waals surface area contributed by atoms with Crippen LogP contribution in [0.3, 0.4) is 0 Å². The third kappa shape index (κ3) is 8.10. The summed E-state index contributed by atoms with van der Waals surface area (Å²) in [5, 5.41) is 101. The molecular weight excluding hydrogens is 901 g/mol. The van der Waals surface area contributed by atoms with Gasteiger partial charge < -0.3 is 74.4 Å². The Balaban J connectivity index is 1.20. The number of aliphatic hydroxyl groups is 8. The lowest BCUT2D eigenvalue weighted by molar-refractivity contribution is -0.344. The van der Waals surface area contributed by atoms with E-state index in [2.05, 4.69) is 33.8 Å². The van der Waals surface area contributed by atoms with Gasteiger partial charge in [0, 0.05) is 22.0 Å². The van der Waals surface area contributed by atoms with Crippen LogP contribution in [-0.2, 0) is 42.8 Å². The summed E-state index contributed by atoms with van der Waals surface area (Å²) in [4.78, 5) is 39.6. The highest BCUT2D eigenvalue weighted by Gasteiger charge is 2.76. The number of aliphatic carboxylic acids is 1. The first-order valence-electron chi connectivity index (χ1n) is 24.6. The van der Waals surface area contributed by atoms with Crippen molar-refractivity contribution >= 4 is 17.9 Å². The van der Waals surface area contributed by atoms with Gasteiger partial charge in [-0.15, -0.1) is 0 Å². The number of allylic oxidation sites excluding steroid dienone is 3. The first-order chi connectivity index (χ1) is 32.1. The third-order valence-corrected chi connectivity index (χ3v) is 19.2. The molecular formula is C51H78O18. The second kappa shape index (κ2) is 18.9. The van der Waals surface area contributed by atoms with Crippen LogP contribution in [0.15, 0.2) is 34.9 Å². The van der Waals surface area contributed by atoms with Gasteiger partial charge in [0.15, 0.2) is 24.8 Å². The van der Waals surface area contributed by atoms with Gasteiger partial charge in [0.25, 0.3) is 0 Å². The molecule has 9 N–H and O–H groups in total. The molecule has 390 valence electrons. The zero-order valence-electron chi connectivity index (χ0n) is 41.9. The summed E-state index contributed by atoms with van der Waals surface area (Å²) in [6.07, 6.45) is -12.6. The van der Waals surface area contributed by atoms with E-state index in [4.69, 9.17) is 28.4 Å². The fourth-order valence-corrected chi connectivity index (χ4v) is 14.8. The van der Waals surface area contributed by atoms with Crippen LogP contribution >= 0.6 is 0 Å². The molecule has 2 aliphatic heterocycles. The molecule has 2 saturated heterocycles. The predicted molar refractivity (Wildman–Crippen MR) is 244 cm³/mol. The maximum atomic E-state index is 13.7. The highest BCUT2D eigenvalue weighted by Crippen LogP contribution is 2.76. The number of rotatable bonds is 11. The number of aliphatic hydroxyl groups excluding tert-OH is 8. The summed E-state index contributed by atoms with van der Waals surface area (Å²) < 4.78 is 36.0. The standard InChI is InChI=1S/C51H78O18/c1-12-23(3)42(62)68-39-40(69-43(63)24(4)13-2)51(22-53)26(20-46(39,5)6)25-14-15-29-48(9)18-17-30(47(7,8)28(48)16-19-49(29,10)50(25,11)37(58)38(51)59)65-45-34(57)35(33(56)36(67-45)41(60)61)66-44-32(55)31(54)27(21-52)64-44/h12-14,26-40,44-45,52-59H,15-22H2,1-11H3,(H,60,61)/b23-12-,24-13-/t26?,27-,28?,29?,30+,31+,32?,33-,34?,35+,36?,37+,38-,39+,40+,44+,45-,48+,49-,50+,51+/m1/s1. The Morgan fingerprint density at radius 1 is 0.739 bits per heavy atom. The predicted octanol–water partition coefficient (Wildman–Crippen LogP) is 2.44. The monoisotopic (exact) mass is 979 g/mol. The molecule has 69 heavy (non-hydrogen) atoms. The van der Waals surface area contributed by atoms with Crippen LogP contribution in [0, 0.1) is 50.2 Å². The minimum atomic E-state index is -1.94. The maximum Gasteiger partial charge on any atom is 0.335 e. The van der Waals surface area contributed by atoms with E-state index in [1.54, 1.807) is 39.8 Å². The Kier molecular flexibility index (Phi) is 14.8. The Bertz CT molecular complexity index is 2070. The van der Waals surface area contributed by atoms with Crippen molar-refractivity contribution in [3.63, 3.8) is 0 Å². The minimum absolute atomic E-state index is 0.0292. The molecule has 5 aliphatic carbocycles. The third-order valence-electron chi connectivity index (χ3n) is 19.2. The molecule has 6 unspecified atom stereocenters. The van der Waals surface area contributed by atoms with Gasteiger partial charge >= 0.3 is 17.9 Å². The van der Waals surface area contributed by atoms with E-state index in [1.165, 1.54) is 0 Å². The molecule has 7 aliphatic rings. The fraction of sp³-hybridized carbons (Fsp3) is 0.824. The number of fused-ring (bicyclic) bond motifs is 7. The molecule has 0 aromatic rings. The lowest BCUT2D eigenvalue weighted by Crippen LogP contribution is -2.76. The van der Waals surface area contributed by atoms with Crippen molar-refractivity contribution in [2.45, 2.75) is 201 Å². The molecule has 18 heteroatoms. The minimum Gasteiger partial charge on any atom is -0.479 e. The van der Waals surface area contributed by atoms with Gasteiger partial charge in [-0.25, -0.2) is 14.4 Å². The maximum absolute atomic E-state index is 13.7. The molecule has 6 fully saturated rings. The highest BCUT2D eigenvalue weighted by molar-refractivity contribution is 5.89.